The molecular formula is C17H18F2N4O3S. The van der Waals surface area contributed by atoms with Gasteiger partial charge in [0.15, 0.2) is 10.8 Å². The summed E-state index contributed by atoms with van der Waals surface area (Å²) in [5.41, 5.74) is 0.163. The summed E-state index contributed by atoms with van der Waals surface area (Å²) < 4.78 is 26.4. The molecular weight excluding hydrogens is 378 g/mol. The van der Waals surface area contributed by atoms with Crippen LogP contribution in [0.25, 0.3) is 0 Å². The zero-order valence-electron chi connectivity index (χ0n) is 14.7. The van der Waals surface area contributed by atoms with E-state index in [2.05, 4.69) is 20.8 Å². The van der Waals surface area contributed by atoms with Crippen molar-refractivity contribution in [3.8, 4) is 0 Å². The van der Waals surface area contributed by atoms with Gasteiger partial charge in [0.05, 0.1) is 6.42 Å². The number of amides is 2. The summed E-state index contributed by atoms with van der Waals surface area (Å²) in [6, 6.07) is 1.97. The summed E-state index contributed by atoms with van der Waals surface area (Å²) in [4.78, 5) is 35.8. The average molecular weight is 396 g/mol. The smallest absolute Gasteiger partial charge is 0.248 e. The highest BCUT2D eigenvalue weighted by Crippen LogP contribution is 2.16. The number of nitrogens with zero attached hydrogens (tertiary/aromatic N) is 2. The quantitative estimate of drug-likeness (QED) is 0.668. The van der Waals surface area contributed by atoms with Crippen molar-refractivity contribution in [3.63, 3.8) is 0 Å². The Labute approximate surface area is 158 Å². The molecule has 1 aromatic carbocycles. The number of carbonyl (C=O) groups excluding carboxylic acids is 3. The fraction of sp³-hybridized carbons (Fsp3) is 0.353. The number of hydrogen-bond acceptors (Lipinski definition) is 6. The largest absolute Gasteiger partial charge is 0.344 e. The Morgan fingerprint density at radius 3 is 2.37 bits per heavy atom. The van der Waals surface area contributed by atoms with Crippen molar-refractivity contribution in [2.45, 2.75) is 39.2 Å². The molecule has 0 saturated carbocycles. The van der Waals surface area contributed by atoms with E-state index in [4.69, 9.17) is 0 Å². The number of benzene rings is 1. The van der Waals surface area contributed by atoms with E-state index in [9.17, 15) is 23.2 Å². The molecule has 27 heavy (non-hydrogen) atoms. The molecule has 0 fully saturated rings. The fourth-order valence-electron chi connectivity index (χ4n) is 2.31. The van der Waals surface area contributed by atoms with E-state index in [1.807, 2.05) is 6.92 Å². The lowest BCUT2D eigenvalue weighted by Crippen LogP contribution is -2.44. The van der Waals surface area contributed by atoms with E-state index >= 15 is 0 Å². The van der Waals surface area contributed by atoms with E-state index in [1.54, 1.807) is 0 Å². The number of anilines is 1. The van der Waals surface area contributed by atoms with Gasteiger partial charge < -0.3 is 5.32 Å². The van der Waals surface area contributed by atoms with Crippen molar-refractivity contribution in [3.05, 3.63) is 40.4 Å². The first-order valence-electron chi connectivity index (χ1n) is 8.18. The molecule has 2 amide bonds. The lowest BCUT2D eigenvalue weighted by atomic mass is 10.1. The number of aromatic nitrogens is 2. The first-order valence-corrected chi connectivity index (χ1v) is 8.99. The lowest BCUT2D eigenvalue weighted by molar-refractivity contribution is -0.126. The zero-order chi connectivity index (χ0) is 20.0. The van der Waals surface area contributed by atoms with Crippen molar-refractivity contribution >= 4 is 34.1 Å². The van der Waals surface area contributed by atoms with Crippen LogP contribution in [0.3, 0.4) is 0 Å². The second-order valence-electron chi connectivity index (χ2n) is 5.82. The van der Waals surface area contributed by atoms with Crippen LogP contribution in [-0.4, -0.2) is 33.8 Å². The number of Topliss-reactive ketones (excluding diaryl/α,β-unsaturated/α-hetero) is 1. The van der Waals surface area contributed by atoms with Gasteiger partial charge in [0.2, 0.25) is 16.9 Å². The summed E-state index contributed by atoms with van der Waals surface area (Å²) in [5, 5.41) is 12.7. The highest BCUT2D eigenvalue weighted by molar-refractivity contribution is 7.17. The number of rotatable bonds is 8. The van der Waals surface area contributed by atoms with Gasteiger partial charge in [0.25, 0.3) is 0 Å². The minimum absolute atomic E-state index is 0.146. The number of nitrogens with one attached hydrogen (secondary N) is 2. The van der Waals surface area contributed by atoms with Crippen molar-refractivity contribution in [2.24, 2.45) is 0 Å². The highest BCUT2D eigenvalue weighted by atomic mass is 32.1. The second-order valence-corrected chi connectivity index (χ2v) is 6.80. The molecule has 0 aliphatic heterocycles. The van der Waals surface area contributed by atoms with Gasteiger partial charge >= 0.3 is 0 Å². The third-order valence-electron chi connectivity index (χ3n) is 3.47. The molecule has 1 heterocycles. The summed E-state index contributed by atoms with van der Waals surface area (Å²) >= 11 is 0.930. The monoisotopic (exact) mass is 396 g/mol. The minimum Gasteiger partial charge on any atom is -0.344 e. The van der Waals surface area contributed by atoms with Gasteiger partial charge in [-0.2, -0.15) is 0 Å². The standard InChI is InChI=1S/C17H18F2N4O3S/c1-3-4-13(15(26)21-17-23-22-16(27-17)9(2)24)20-14(25)7-10-5-11(18)8-12(19)6-10/h5-6,8,13H,3-4,7H2,1-2H3,(H,20,25)(H,21,23,26). The number of carbonyl (C=O) groups is 3. The maximum absolute atomic E-state index is 13.2. The Bertz CT molecular complexity index is 836. The second kappa shape index (κ2) is 9.26. The summed E-state index contributed by atoms with van der Waals surface area (Å²) in [6.45, 7) is 3.18. The lowest BCUT2D eigenvalue weighted by Gasteiger charge is -2.17. The fourth-order valence-corrected chi connectivity index (χ4v) is 2.95. The van der Waals surface area contributed by atoms with Gasteiger partial charge in [-0.1, -0.05) is 24.7 Å². The number of hydrogen-bond donors (Lipinski definition) is 2. The van der Waals surface area contributed by atoms with E-state index in [1.165, 1.54) is 6.92 Å². The maximum atomic E-state index is 13.2. The van der Waals surface area contributed by atoms with E-state index in [0.717, 1.165) is 23.5 Å². The van der Waals surface area contributed by atoms with Crippen LogP contribution in [0.5, 0.6) is 0 Å². The molecule has 0 aliphatic rings. The molecule has 0 spiro atoms. The van der Waals surface area contributed by atoms with Crippen LogP contribution in [0.4, 0.5) is 13.9 Å². The Morgan fingerprint density at radius 1 is 1.15 bits per heavy atom. The molecule has 1 atom stereocenters. The Balaban J connectivity index is 2.01. The first-order chi connectivity index (χ1) is 12.8. The minimum atomic E-state index is -0.856. The summed E-state index contributed by atoms with van der Waals surface area (Å²) in [5.74, 6) is -2.89. The van der Waals surface area contributed by atoms with E-state index < -0.39 is 29.5 Å². The molecule has 2 aromatic rings. The zero-order valence-corrected chi connectivity index (χ0v) is 15.5. The molecule has 10 heteroatoms. The molecule has 0 saturated heterocycles. The van der Waals surface area contributed by atoms with Crippen molar-refractivity contribution in [1.29, 1.82) is 0 Å². The van der Waals surface area contributed by atoms with Crippen LogP contribution in [0.2, 0.25) is 0 Å². The van der Waals surface area contributed by atoms with Crippen LogP contribution in [0.15, 0.2) is 18.2 Å². The molecule has 1 unspecified atom stereocenters. The summed E-state index contributed by atoms with van der Waals surface area (Å²) in [7, 11) is 0. The molecule has 0 radical (unpaired) electrons. The molecule has 0 bridgehead atoms. The molecule has 144 valence electrons. The SMILES string of the molecule is CCCC(NC(=O)Cc1cc(F)cc(F)c1)C(=O)Nc1nnc(C(C)=O)s1. The topological polar surface area (TPSA) is 101 Å². The molecule has 7 nitrogen and oxygen atoms in total. The predicted molar refractivity (Wildman–Crippen MR) is 95.4 cm³/mol. The molecule has 2 N–H and O–H groups in total. The van der Waals surface area contributed by atoms with Crippen LogP contribution >= 0.6 is 11.3 Å². The van der Waals surface area contributed by atoms with Gasteiger partial charge in [-0.05, 0) is 24.1 Å². The number of halogens is 2. The molecule has 0 aliphatic carbocycles. The first kappa shape index (κ1) is 20.6. The van der Waals surface area contributed by atoms with Crippen LogP contribution in [0.1, 0.15) is 42.1 Å². The van der Waals surface area contributed by atoms with Crippen molar-refractivity contribution < 1.29 is 23.2 Å². The van der Waals surface area contributed by atoms with E-state index in [-0.39, 0.29) is 27.9 Å². The summed E-state index contributed by atoms with van der Waals surface area (Å²) in [6.07, 6.45) is 0.699. The van der Waals surface area contributed by atoms with Gasteiger partial charge in [-0.15, -0.1) is 10.2 Å². The Kier molecular flexibility index (Phi) is 7.05. The van der Waals surface area contributed by atoms with Gasteiger partial charge in [0.1, 0.15) is 17.7 Å². The highest BCUT2D eigenvalue weighted by Gasteiger charge is 2.22. The third-order valence-corrected chi connectivity index (χ3v) is 4.41. The third kappa shape index (κ3) is 6.17. The normalized spacial score (nSPS) is 11.7. The van der Waals surface area contributed by atoms with Gasteiger partial charge in [0, 0.05) is 13.0 Å². The maximum Gasteiger partial charge on any atom is 0.248 e. The van der Waals surface area contributed by atoms with Gasteiger partial charge in [-0.25, -0.2) is 8.78 Å². The van der Waals surface area contributed by atoms with Crippen molar-refractivity contribution in [2.75, 3.05) is 5.32 Å². The van der Waals surface area contributed by atoms with Crippen LogP contribution in [0, 0.1) is 11.6 Å². The molecule has 1 aromatic heterocycles. The van der Waals surface area contributed by atoms with E-state index in [0.29, 0.717) is 18.9 Å². The number of ketones is 1. The predicted octanol–water partition coefficient (Wildman–Crippen LogP) is 2.49. The van der Waals surface area contributed by atoms with Crippen LogP contribution < -0.4 is 10.6 Å². The van der Waals surface area contributed by atoms with Crippen LogP contribution in [-0.2, 0) is 16.0 Å². The molecule has 2 rings (SSSR count). The average Bonchev–Trinajstić information content (AvgIpc) is 3.02. The van der Waals surface area contributed by atoms with Crippen molar-refractivity contribution in [1.82, 2.24) is 15.5 Å². The Hall–Kier alpha value is -2.75. The van der Waals surface area contributed by atoms with Gasteiger partial charge in [-0.3, -0.25) is 19.7 Å². The Morgan fingerprint density at radius 2 is 1.81 bits per heavy atom.